The van der Waals surface area contributed by atoms with Gasteiger partial charge in [0.25, 0.3) is 0 Å². The van der Waals surface area contributed by atoms with Gasteiger partial charge in [0.1, 0.15) is 18.6 Å². The van der Waals surface area contributed by atoms with Crippen molar-refractivity contribution in [2.75, 3.05) is 39.6 Å². The minimum atomic E-state index is -1.32. The third-order valence-corrected chi connectivity index (χ3v) is 4.63. The summed E-state index contributed by atoms with van der Waals surface area (Å²) >= 11 is 0. The van der Waals surface area contributed by atoms with Gasteiger partial charge in [-0.05, 0) is 39.0 Å². The lowest BCUT2D eigenvalue weighted by molar-refractivity contribution is -0.137. The number of ether oxygens (including phenoxy) is 3. The molecule has 0 aliphatic heterocycles. The number of nitrogens with one attached hydrogen (secondary N) is 1. The first-order valence-corrected chi connectivity index (χ1v) is 10.8. The summed E-state index contributed by atoms with van der Waals surface area (Å²) < 4.78 is 30.7. The maximum Gasteiger partial charge on any atom is 0.246 e. The Labute approximate surface area is 176 Å². The van der Waals surface area contributed by atoms with Crippen LogP contribution in [0.4, 0.5) is 4.39 Å². The quantitative estimate of drug-likeness (QED) is 0.343. The summed E-state index contributed by atoms with van der Waals surface area (Å²) in [6.07, 6.45) is 1.17. The zero-order chi connectivity index (χ0) is 22.3. The molecule has 1 unspecified atom stereocenters. The standard InChI is InChI=1S/C22H42FNO5/c1-17(2)8-7-12-27-14-15-28-13-11-24-21(26)16-29-22(5,6)20(23)10-9-19(25)18(3)4/h17-18,20H,7-16H2,1-6H3,(H,24,26). The topological polar surface area (TPSA) is 73.9 Å². The Morgan fingerprint density at radius 3 is 2.17 bits per heavy atom. The van der Waals surface area contributed by atoms with Crippen molar-refractivity contribution < 1.29 is 28.2 Å². The van der Waals surface area contributed by atoms with Crippen molar-refractivity contribution >= 4 is 11.7 Å². The van der Waals surface area contributed by atoms with Crippen LogP contribution >= 0.6 is 0 Å². The second-order valence-corrected chi connectivity index (χ2v) is 8.63. The first-order chi connectivity index (χ1) is 13.6. The van der Waals surface area contributed by atoms with E-state index in [0.29, 0.717) is 32.3 Å². The highest BCUT2D eigenvalue weighted by Gasteiger charge is 2.31. The predicted molar refractivity (Wildman–Crippen MR) is 113 cm³/mol. The van der Waals surface area contributed by atoms with Gasteiger partial charge >= 0.3 is 0 Å². The van der Waals surface area contributed by atoms with Crippen molar-refractivity contribution in [3.63, 3.8) is 0 Å². The molecule has 172 valence electrons. The Morgan fingerprint density at radius 1 is 0.966 bits per heavy atom. The summed E-state index contributed by atoms with van der Waals surface area (Å²) in [5.74, 6) is 0.299. The van der Waals surface area contributed by atoms with Crippen LogP contribution in [-0.4, -0.2) is 63.0 Å². The summed E-state index contributed by atoms with van der Waals surface area (Å²) in [5.41, 5.74) is -1.13. The maximum atomic E-state index is 14.4. The van der Waals surface area contributed by atoms with Gasteiger partial charge in [0.05, 0.1) is 25.4 Å². The molecule has 1 N–H and O–H groups in total. The number of hydrogen-bond acceptors (Lipinski definition) is 5. The minimum absolute atomic E-state index is 0.0298. The average molecular weight is 420 g/mol. The number of hydrogen-bond donors (Lipinski definition) is 1. The van der Waals surface area contributed by atoms with Gasteiger partial charge in [-0.25, -0.2) is 4.39 Å². The molecule has 6 nitrogen and oxygen atoms in total. The van der Waals surface area contributed by atoms with Crippen LogP contribution in [0.3, 0.4) is 0 Å². The molecule has 0 aliphatic carbocycles. The molecule has 0 aromatic rings. The average Bonchev–Trinajstić information content (AvgIpc) is 2.65. The second-order valence-electron chi connectivity index (χ2n) is 8.63. The lowest BCUT2D eigenvalue weighted by Crippen LogP contribution is -2.41. The number of Topliss-reactive ketones (excluding diaryl/α,β-unsaturated/α-hetero) is 1. The van der Waals surface area contributed by atoms with Gasteiger partial charge in [0.15, 0.2) is 0 Å². The number of amides is 1. The van der Waals surface area contributed by atoms with Crippen molar-refractivity contribution in [3.05, 3.63) is 0 Å². The smallest absolute Gasteiger partial charge is 0.246 e. The normalized spacial score (nSPS) is 13.1. The van der Waals surface area contributed by atoms with E-state index < -0.39 is 11.8 Å². The molecule has 29 heavy (non-hydrogen) atoms. The Morgan fingerprint density at radius 2 is 1.59 bits per heavy atom. The number of carbonyl (C=O) groups is 2. The van der Waals surface area contributed by atoms with Gasteiger partial charge in [-0.15, -0.1) is 0 Å². The summed E-state index contributed by atoms with van der Waals surface area (Å²) in [6.45, 7) is 13.4. The summed E-state index contributed by atoms with van der Waals surface area (Å²) in [6, 6.07) is 0. The molecule has 0 fully saturated rings. The number of carbonyl (C=O) groups excluding carboxylic acids is 2. The van der Waals surface area contributed by atoms with Gasteiger partial charge in [-0.2, -0.15) is 0 Å². The molecule has 0 aromatic heterocycles. The third kappa shape index (κ3) is 15.5. The van der Waals surface area contributed by atoms with E-state index in [4.69, 9.17) is 14.2 Å². The van der Waals surface area contributed by atoms with E-state index >= 15 is 0 Å². The summed E-state index contributed by atoms with van der Waals surface area (Å²) in [7, 11) is 0. The number of halogens is 1. The number of ketones is 1. The monoisotopic (exact) mass is 419 g/mol. The fourth-order valence-corrected chi connectivity index (χ4v) is 2.48. The van der Waals surface area contributed by atoms with Crippen molar-refractivity contribution in [2.45, 2.75) is 79.0 Å². The molecule has 0 saturated carbocycles. The molecule has 0 bridgehead atoms. The van der Waals surface area contributed by atoms with Crippen LogP contribution in [0.5, 0.6) is 0 Å². The first kappa shape index (κ1) is 27.9. The fourth-order valence-electron chi connectivity index (χ4n) is 2.48. The van der Waals surface area contributed by atoms with Crippen LogP contribution in [0.2, 0.25) is 0 Å². The molecule has 0 saturated heterocycles. The van der Waals surface area contributed by atoms with E-state index in [1.165, 1.54) is 0 Å². The van der Waals surface area contributed by atoms with Crippen LogP contribution in [0.1, 0.15) is 67.2 Å². The van der Waals surface area contributed by atoms with Gasteiger partial charge in [-0.3, -0.25) is 9.59 Å². The van der Waals surface area contributed by atoms with Crippen LogP contribution in [0, 0.1) is 11.8 Å². The highest BCUT2D eigenvalue weighted by molar-refractivity contribution is 5.80. The van der Waals surface area contributed by atoms with E-state index in [1.807, 2.05) is 0 Å². The Kier molecular flexibility index (Phi) is 15.2. The zero-order valence-electron chi connectivity index (χ0n) is 19.2. The summed E-state index contributed by atoms with van der Waals surface area (Å²) in [4.78, 5) is 23.5. The van der Waals surface area contributed by atoms with Crippen molar-refractivity contribution in [3.8, 4) is 0 Å². The van der Waals surface area contributed by atoms with Crippen molar-refractivity contribution in [1.29, 1.82) is 0 Å². The van der Waals surface area contributed by atoms with E-state index in [-0.39, 0.29) is 37.1 Å². The Bertz CT molecular complexity index is 454. The molecule has 0 rings (SSSR count). The number of alkyl halides is 1. The lowest BCUT2D eigenvalue weighted by atomic mass is 9.95. The van der Waals surface area contributed by atoms with Crippen molar-refractivity contribution in [1.82, 2.24) is 5.32 Å². The molecular formula is C22H42FNO5. The SMILES string of the molecule is CC(C)CCCOCCOCCNC(=O)COC(C)(C)C(F)CCC(=O)C(C)C. The molecule has 0 aliphatic rings. The summed E-state index contributed by atoms with van der Waals surface area (Å²) in [5, 5.41) is 2.68. The molecular weight excluding hydrogens is 377 g/mol. The molecule has 7 heteroatoms. The Hall–Kier alpha value is -1.05. The molecule has 1 amide bonds. The van der Waals surface area contributed by atoms with Gasteiger partial charge in [-0.1, -0.05) is 27.7 Å². The highest BCUT2D eigenvalue weighted by Crippen LogP contribution is 2.23. The number of rotatable bonds is 18. The van der Waals surface area contributed by atoms with Gasteiger partial charge < -0.3 is 19.5 Å². The second kappa shape index (κ2) is 15.7. The van der Waals surface area contributed by atoms with Crippen LogP contribution in [0.15, 0.2) is 0 Å². The largest absolute Gasteiger partial charge is 0.379 e. The van der Waals surface area contributed by atoms with Crippen LogP contribution in [0.25, 0.3) is 0 Å². The fraction of sp³-hybridized carbons (Fsp3) is 0.909. The maximum absolute atomic E-state index is 14.4. The minimum Gasteiger partial charge on any atom is -0.379 e. The van der Waals surface area contributed by atoms with E-state index in [0.717, 1.165) is 19.4 Å². The van der Waals surface area contributed by atoms with Gasteiger partial charge in [0.2, 0.25) is 5.91 Å². The molecule has 0 aromatic carbocycles. The van der Waals surface area contributed by atoms with Crippen molar-refractivity contribution in [2.24, 2.45) is 11.8 Å². The first-order valence-electron chi connectivity index (χ1n) is 10.8. The molecule has 0 radical (unpaired) electrons. The van der Waals surface area contributed by atoms with Crippen LogP contribution < -0.4 is 5.32 Å². The van der Waals surface area contributed by atoms with E-state index in [1.54, 1.807) is 27.7 Å². The highest BCUT2D eigenvalue weighted by atomic mass is 19.1. The predicted octanol–water partition coefficient (Wildman–Crippen LogP) is 3.71. The third-order valence-electron chi connectivity index (χ3n) is 4.63. The molecule has 1 atom stereocenters. The Balaban J connectivity index is 3.75. The zero-order valence-corrected chi connectivity index (χ0v) is 19.2. The van der Waals surface area contributed by atoms with E-state index in [2.05, 4.69) is 19.2 Å². The molecule has 0 heterocycles. The van der Waals surface area contributed by atoms with Gasteiger partial charge in [0, 0.05) is 25.5 Å². The van der Waals surface area contributed by atoms with Crippen LogP contribution in [-0.2, 0) is 23.8 Å². The lowest BCUT2D eigenvalue weighted by Gasteiger charge is -2.29. The molecule has 0 spiro atoms. The van der Waals surface area contributed by atoms with E-state index in [9.17, 15) is 14.0 Å².